The molecule has 1 atom stereocenters. The Morgan fingerprint density at radius 2 is 2.33 bits per heavy atom. The van der Waals surface area contributed by atoms with Crippen molar-refractivity contribution in [2.75, 3.05) is 7.11 Å². The van der Waals surface area contributed by atoms with E-state index >= 15 is 0 Å². The van der Waals surface area contributed by atoms with Crippen molar-refractivity contribution in [3.8, 4) is 0 Å². The number of halogens is 2. The van der Waals surface area contributed by atoms with E-state index in [-0.39, 0.29) is 24.8 Å². The first-order valence-electron chi connectivity index (χ1n) is 4.07. The molecule has 0 saturated carbocycles. The molecule has 15 heavy (non-hydrogen) atoms. The van der Waals surface area contributed by atoms with Gasteiger partial charge in [0.25, 0.3) is 0 Å². The molecule has 1 aromatic heterocycles. The lowest BCUT2D eigenvalue weighted by Gasteiger charge is -2.09. The predicted molar refractivity (Wildman–Crippen MR) is 60.1 cm³/mol. The van der Waals surface area contributed by atoms with Gasteiger partial charge in [-0.1, -0.05) is 17.7 Å². The Labute approximate surface area is 99.2 Å². The first-order chi connectivity index (χ1) is 6.63. The predicted octanol–water partition coefficient (Wildman–Crippen LogP) is 1.72. The second kappa shape index (κ2) is 6.61. The first-order valence-corrected chi connectivity index (χ1v) is 4.45. The van der Waals surface area contributed by atoms with Crippen LogP contribution in [-0.2, 0) is 9.53 Å². The molecular formula is C9H12Cl2N2O2. The van der Waals surface area contributed by atoms with Crippen molar-refractivity contribution in [1.29, 1.82) is 0 Å². The van der Waals surface area contributed by atoms with Crippen LogP contribution in [0.15, 0.2) is 18.3 Å². The molecule has 0 radical (unpaired) electrons. The first kappa shape index (κ1) is 14.2. The Balaban J connectivity index is 0.00000196. The number of esters is 1. The van der Waals surface area contributed by atoms with Gasteiger partial charge in [0, 0.05) is 12.2 Å². The van der Waals surface area contributed by atoms with Crippen LogP contribution in [0.3, 0.4) is 0 Å². The maximum Gasteiger partial charge on any atom is 0.307 e. The molecule has 1 heterocycles. The van der Waals surface area contributed by atoms with Crippen LogP contribution in [0.5, 0.6) is 0 Å². The molecule has 6 heteroatoms. The van der Waals surface area contributed by atoms with Crippen molar-refractivity contribution in [2.24, 2.45) is 5.73 Å². The van der Waals surface area contributed by atoms with Gasteiger partial charge in [-0.3, -0.25) is 4.79 Å². The number of hydrogen-bond acceptors (Lipinski definition) is 4. The number of carbonyl (C=O) groups is 1. The van der Waals surface area contributed by atoms with Gasteiger partial charge >= 0.3 is 5.97 Å². The van der Waals surface area contributed by atoms with Crippen LogP contribution in [0, 0.1) is 0 Å². The fourth-order valence-corrected chi connectivity index (χ4v) is 1.10. The van der Waals surface area contributed by atoms with E-state index < -0.39 is 6.04 Å². The molecule has 0 aromatic carbocycles. The topological polar surface area (TPSA) is 65.2 Å². The summed E-state index contributed by atoms with van der Waals surface area (Å²) in [6.45, 7) is 0. The van der Waals surface area contributed by atoms with E-state index in [1.54, 1.807) is 18.3 Å². The number of nitrogens with zero attached hydrogens (tertiary/aromatic N) is 1. The SMILES string of the molecule is COC(=O)C[C@@H](N)c1ccc(Cl)nc1.Cl. The highest BCUT2D eigenvalue weighted by atomic mass is 35.5. The number of hydrogen-bond donors (Lipinski definition) is 1. The van der Waals surface area contributed by atoms with Gasteiger partial charge in [-0.2, -0.15) is 0 Å². The lowest BCUT2D eigenvalue weighted by Crippen LogP contribution is -2.16. The number of nitrogens with two attached hydrogens (primary N) is 1. The summed E-state index contributed by atoms with van der Waals surface area (Å²) in [4.78, 5) is 14.8. The van der Waals surface area contributed by atoms with E-state index in [2.05, 4.69) is 9.72 Å². The molecule has 4 nitrogen and oxygen atoms in total. The fourth-order valence-electron chi connectivity index (χ4n) is 0.987. The second-order valence-electron chi connectivity index (χ2n) is 2.80. The third-order valence-corrected chi connectivity index (χ3v) is 2.02. The smallest absolute Gasteiger partial charge is 0.307 e. The van der Waals surface area contributed by atoms with E-state index in [0.29, 0.717) is 5.15 Å². The van der Waals surface area contributed by atoms with E-state index in [9.17, 15) is 4.79 Å². The van der Waals surface area contributed by atoms with E-state index in [4.69, 9.17) is 17.3 Å². The largest absolute Gasteiger partial charge is 0.469 e. The third kappa shape index (κ3) is 4.46. The van der Waals surface area contributed by atoms with E-state index in [0.717, 1.165) is 5.56 Å². The summed E-state index contributed by atoms with van der Waals surface area (Å²) in [5.74, 6) is -0.340. The van der Waals surface area contributed by atoms with Crippen LogP contribution in [0.2, 0.25) is 5.15 Å². The Bertz CT molecular complexity index is 316. The van der Waals surface area contributed by atoms with Crippen LogP contribution in [0.1, 0.15) is 18.0 Å². The fraction of sp³-hybridized carbons (Fsp3) is 0.333. The van der Waals surface area contributed by atoms with Gasteiger partial charge in [-0.15, -0.1) is 12.4 Å². The van der Waals surface area contributed by atoms with Gasteiger partial charge in [0.05, 0.1) is 13.5 Å². The van der Waals surface area contributed by atoms with Gasteiger partial charge in [0.15, 0.2) is 0 Å². The highest BCUT2D eigenvalue weighted by Gasteiger charge is 2.11. The number of rotatable bonds is 3. The highest BCUT2D eigenvalue weighted by molar-refractivity contribution is 6.29. The molecule has 0 aliphatic carbocycles. The normalized spacial score (nSPS) is 11.4. The van der Waals surface area contributed by atoms with Gasteiger partial charge < -0.3 is 10.5 Å². The van der Waals surface area contributed by atoms with E-state index in [1.807, 2.05) is 0 Å². The van der Waals surface area contributed by atoms with Crippen molar-refractivity contribution in [3.63, 3.8) is 0 Å². The van der Waals surface area contributed by atoms with Crippen molar-refractivity contribution in [1.82, 2.24) is 4.98 Å². The van der Waals surface area contributed by atoms with Gasteiger partial charge in [-0.05, 0) is 11.6 Å². The van der Waals surface area contributed by atoms with Crippen LogP contribution in [0.4, 0.5) is 0 Å². The molecule has 0 aliphatic rings. The summed E-state index contributed by atoms with van der Waals surface area (Å²) >= 11 is 5.61. The minimum absolute atomic E-state index is 0. The number of carbonyl (C=O) groups excluding carboxylic acids is 1. The Kier molecular flexibility index (Phi) is 6.24. The van der Waals surface area contributed by atoms with Crippen molar-refractivity contribution in [3.05, 3.63) is 29.0 Å². The molecule has 2 N–H and O–H groups in total. The number of aromatic nitrogens is 1. The second-order valence-corrected chi connectivity index (χ2v) is 3.19. The summed E-state index contributed by atoms with van der Waals surface area (Å²) < 4.78 is 4.50. The Hall–Kier alpha value is -0.840. The molecule has 0 fully saturated rings. The van der Waals surface area contributed by atoms with Crippen LogP contribution in [0.25, 0.3) is 0 Å². The van der Waals surface area contributed by atoms with Crippen LogP contribution >= 0.6 is 24.0 Å². The summed E-state index contributed by atoms with van der Waals surface area (Å²) in [5.41, 5.74) is 6.50. The lowest BCUT2D eigenvalue weighted by atomic mass is 10.1. The van der Waals surface area contributed by atoms with Gasteiger partial charge in [-0.25, -0.2) is 4.98 Å². The number of methoxy groups -OCH3 is 1. The molecule has 0 spiro atoms. The zero-order valence-corrected chi connectivity index (χ0v) is 9.72. The van der Waals surface area contributed by atoms with Crippen LogP contribution < -0.4 is 5.73 Å². The number of pyridine rings is 1. The van der Waals surface area contributed by atoms with Crippen molar-refractivity contribution in [2.45, 2.75) is 12.5 Å². The summed E-state index contributed by atoms with van der Waals surface area (Å²) in [5, 5.41) is 0.402. The average molecular weight is 251 g/mol. The molecular weight excluding hydrogens is 239 g/mol. The molecule has 0 bridgehead atoms. The molecule has 84 valence electrons. The maximum atomic E-state index is 10.9. The quantitative estimate of drug-likeness (QED) is 0.656. The van der Waals surface area contributed by atoms with Gasteiger partial charge in [0.2, 0.25) is 0 Å². The standard InChI is InChI=1S/C9H11ClN2O2.ClH/c1-14-9(13)4-7(11)6-2-3-8(10)12-5-6;/h2-3,5,7H,4,11H2,1H3;1H/t7-;/m1./s1. The van der Waals surface area contributed by atoms with Crippen LogP contribution in [-0.4, -0.2) is 18.1 Å². The monoisotopic (exact) mass is 250 g/mol. The molecule has 1 aromatic rings. The minimum atomic E-state index is -0.396. The Morgan fingerprint density at radius 3 is 2.80 bits per heavy atom. The van der Waals surface area contributed by atoms with Gasteiger partial charge in [0.1, 0.15) is 5.15 Å². The summed E-state index contributed by atoms with van der Waals surface area (Å²) in [6, 6.07) is 2.98. The molecule has 0 unspecified atom stereocenters. The molecule has 0 aliphatic heterocycles. The summed E-state index contributed by atoms with van der Waals surface area (Å²) in [7, 11) is 1.33. The highest BCUT2D eigenvalue weighted by Crippen LogP contribution is 2.15. The minimum Gasteiger partial charge on any atom is -0.469 e. The molecule has 1 rings (SSSR count). The Morgan fingerprint density at radius 1 is 1.67 bits per heavy atom. The third-order valence-electron chi connectivity index (χ3n) is 1.79. The average Bonchev–Trinajstić information content (AvgIpc) is 2.18. The zero-order valence-electron chi connectivity index (χ0n) is 8.14. The number of ether oxygens (including phenoxy) is 1. The summed E-state index contributed by atoms with van der Waals surface area (Å²) in [6.07, 6.45) is 1.69. The maximum absolute atomic E-state index is 10.9. The van der Waals surface area contributed by atoms with Crippen molar-refractivity contribution >= 4 is 30.0 Å². The molecule has 0 saturated heterocycles. The van der Waals surface area contributed by atoms with Crippen molar-refractivity contribution < 1.29 is 9.53 Å². The zero-order chi connectivity index (χ0) is 10.6. The lowest BCUT2D eigenvalue weighted by molar-refractivity contribution is -0.141. The van der Waals surface area contributed by atoms with E-state index in [1.165, 1.54) is 7.11 Å². The molecule has 0 amide bonds.